The van der Waals surface area contributed by atoms with E-state index in [2.05, 4.69) is 0 Å². The number of nitriles is 1. The molecule has 6 heteroatoms. The Labute approximate surface area is 110 Å². The molecule has 0 saturated heterocycles. The number of hydrogen-bond donors (Lipinski definition) is 0. The highest BCUT2D eigenvalue weighted by Gasteiger charge is 2.23. The number of hydrogen-bond acceptors (Lipinski definition) is 4. The zero-order valence-electron chi connectivity index (χ0n) is 9.57. The van der Waals surface area contributed by atoms with E-state index in [-0.39, 0.29) is 4.21 Å². The Morgan fingerprint density at radius 1 is 1.17 bits per heavy atom. The Morgan fingerprint density at radius 2 is 1.83 bits per heavy atom. The predicted molar refractivity (Wildman–Crippen MR) is 71.1 cm³/mol. The van der Waals surface area contributed by atoms with Crippen molar-refractivity contribution in [2.45, 2.75) is 4.21 Å². The van der Waals surface area contributed by atoms with Gasteiger partial charge in [0, 0.05) is 7.05 Å². The van der Waals surface area contributed by atoms with Crippen LogP contribution >= 0.6 is 11.3 Å². The minimum atomic E-state index is -3.58. The molecule has 0 fully saturated rings. The molecule has 0 amide bonds. The summed E-state index contributed by atoms with van der Waals surface area (Å²) in [6.07, 6.45) is 0. The maximum absolute atomic E-state index is 12.3. The molecule has 1 heterocycles. The van der Waals surface area contributed by atoms with E-state index < -0.39 is 10.0 Å². The van der Waals surface area contributed by atoms with Gasteiger partial charge in [-0.1, -0.05) is 18.2 Å². The average molecular weight is 278 g/mol. The van der Waals surface area contributed by atoms with Crippen molar-refractivity contribution >= 4 is 27.0 Å². The van der Waals surface area contributed by atoms with Crippen LogP contribution in [0.1, 0.15) is 4.88 Å². The van der Waals surface area contributed by atoms with Crippen molar-refractivity contribution in [2.24, 2.45) is 0 Å². The zero-order valence-corrected chi connectivity index (χ0v) is 11.2. The number of nitrogens with zero attached hydrogens (tertiary/aromatic N) is 2. The number of benzene rings is 1. The molecule has 0 radical (unpaired) electrons. The van der Waals surface area contributed by atoms with Gasteiger partial charge in [0.1, 0.15) is 15.2 Å². The summed E-state index contributed by atoms with van der Waals surface area (Å²) in [5.74, 6) is 0. The molecule has 0 atom stereocenters. The minimum Gasteiger partial charge on any atom is -0.269 e. The summed E-state index contributed by atoms with van der Waals surface area (Å²) >= 11 is 0.972. The van der Waals surface area contributed by atoms with Crippen molar-refractivity contribution < 1.29 is 8.42 Å². The highest BCUT2D eigenvalue weighted by atomic mass is 32.2. The fourth-order valence-corrected chi connectivity index (χ4v) is 3.90. The molecule has 92 valence electrons. The molecule has 0 spiro atoms. The molecular formula is C12H10N2O2S2. The predicted octanol–water partition coefficient (Wildman–Crippen LogP) is 2.44. The van der Waals surface area contributed by atoms with Crippen molar-refractivity contribution in [1.82, 2.24) is 0 Å². The first-order valence-corrected chi connectivity index (χ1v) is 7.35. The summed E-state index contributed by atoms with van der Waals surface area (Å²) in [5.41, 5.74) is 0.587. The molecular weight excluding hydrogens is 268 g/mol. The van der Waals surface area contributed by atoms with Crippen LogP contribution in [0.5, 0.6) is 0 Å². The van der Waals surface area contributed by atoms with Crippen molar-refractivity contribution in [3.63, 3.8) is 0 Å². The minimum absolute atomic E-state index is 0.172. The monoisotopic (exact) mass is 278 g/mol. The second-order valence-corrected chi connectivity index (χ2v) is 6.82. The standard InChI is InChI=1S/C12H10N2O2S2/c1-14(10-5-3-2-4-6-10)18(15,16)12-8-7-11(9-13)17-12/h2-8H,1H3. The van der Waals surface area contributed by atoms with Crippen molar-refractivity contribution in [2.75, 3.05) is 11.4 Å². The van der Waals surface area contributed by atoms with Gasteiger partial charge in [-0.05, 0) is 24.3 Å². The molecule has 1 aromatic carbocycles. The first kappa shape index (κ1) is 12.6. The molecule has 2 aromatic rings. The lowest BCUT2D eigenvalue weighted by Gasteiger charge is -2.18. The normalized spacial score (nSPS) is 10.9. The molecule has 0 unspecified atom stereocenters. The number of thiophene rings is 1. The molecule has 0 N–H and O–H groups in total. The molecule has 0 bridgehead atoms. The lowest BCUT2D eigenvalue weighted by atomic mass is 10.3. The highest BCUT2D eigenvalue weighted by molar-refractivity contribution is 7.94. The van der Waals surface area contributed by atoms with Crippen molar-refractivity contribution in [3.8, 4) is 6.07 Å². The molecule has 4 nitrogen and oxygen atoms in total. The molecule has 0 aliphatic carbocycles. The van der Waals surface area contributed by atoms with E-state index in [4.69, 9.17) is 5.26 Å². The SMILES string of the molecule is CN(c1ccccc1)S(=O)(=O)c1ccc(C#N)s1. The van der Waals surface area contributed by atoms with Gasteiger partial charge in [0.05, 0.1) is 5.69 Å². The van der Waals surface area contributed by atoms with Gasteiger partial charge in [0.25, 0.3) is 10.0 Å². The number of rotatable bonds is 3. The maximum Gasteiger partial charge on any atom is 0.273 e. The fraction of sp³-hybridized carbons (Fsp3) is 0.0833. The van der Waals surface area contributed by atoms with Crippen LogP contribution in [-0.4, -0.2) is 15.5 Å². The Balaban J connectivity index is 2.41. The molecule has 1 aromatic heterocycles. The summed E-state index contributed by atoms with van der Waals surface area (Å²) in [6, 6.07) is 13.7. The summed E-state index contributed by atoms with van der Waals surface area (Å²) < 4.78 is 26.0. The van der Waals surface area contributed by atoms with E-state index in [1.54, 1.807) is 24.3 Å². The zero-order chi connectivity index (χ0) is 13.2. The second kappa shape index (κ2) is 4.80. The quantitative estimate of drug-likeness (QED) is 0.866. The average Bonchev–Trinajstić information content (AvgIpc) is 2.88. The Bertz CT molecular complexity index is 684. The van der Waals surface area contributed by atoms with E-state index in [1.165, 1.54) is 23.5 Å². The Hall–Kier alpha value is -1.84. The van der Waals surface area contributed by atoms with Gasteiger partial charge in [-0.3, -0.25) is 4.31 Å². The van der Waals surface area contributed by atoms with Gasteiger partial charge in [-0.15, -0.1) is 11.3 Å². The number of sulfonamides is 1. The largest absolute Gasteiger partial charge is 0.273 e. The van der Waals surface area contributed by atoms with E-state index in [9.17, 15) is 8.42 Å². The Kier molecular flexibility index (Phi) is 3.36. The summed E-state index contributed by atoms with van der Waals surface area (Å²) in [6.45, 7) is 0. The molecule has 0 aliphatic rings. The van der Waals surface area contributed by atoms with E-state index in [0.717, 1.165) is 11.3 Å². The van der Waals surface area contributed by atoms with Crippen LogP contribution in [0.25, 0.3) is 0 Å². The van der Waals surface area contributed by atoms with Crippen molar-refractivity contribution in [1.29, 1.82) is 5.26 Å². The Morgan fingerprint density at radius 3 is 2.39 bits per heavy atom. The number of para-hydroxylation sites is 1. The van der Waals surface area contributed by atoms with Gasteiger partial charge in [-0.25, -0.2) is 8.42 Å². The summed E-state index contributed by atoms with van der Waals surface area (Å²) in [7, 11) is -2.08. The van der Waals surface area contributed by atoms with Crippen LogP contribution in [0, 0.1) is 11.3 Å². The van der Waals surface area contributed by atoms with Gasteiger partial charge in [-0.2, -0.15) is 5.26 Å². The number of anilines is 1. The van der Waals surface area contributed by atoms with Crippen LogP contribution in [0.3, 0.4) is 0 Å². The third kappa shape index (κ3) is 2.23. The van der Waals surface area contributed by atoms with E-state index in [0.29, 0.717) is 10.6 Å². The summed E-state index contributed by atoms with van der Waals surface area (Å²) in [4.78, 5) is 0.384. The van der Waals surface area contributed by atoms with E-state index in [1.807, 2.05) is 12.1 Å². The van der Waals surface area contributed by atoms with E-state index >= 15 is 0 Å². The first-order chi connectivity index (χ1) is 8.55. The van der Waals surface area contributed by atoms with Crippen LogP contribution in [0.2, 0.25) is 0 Å². The molecule has 0 saturated carbocycles. The van der Waals surface area contributed by atoms with Crippen LogP contribution in [0.15, 0.2) is 46.7 Å². The third-order valence-corrected chi connectivity index (χ3v) is 5.67. The first-order valence-electron chi connectivity index (χ1n) is 5.09. The van der Waals surface area contributed by atoms with Gasteiger partial charge < -0.3 is 0 Å². The second-order valence-electron chi connectivity index (χ2n) is 3.54. The smallest absolute Gasteiger partial charge is 0.269 e. The fourth-order valence-electron chi connectivity index (χ4n) is 1.43. The molecule has 2 rings (SSSR count). The van der Waals surface area contributed by atoms with Gasteiger partial charge in [0.15, 0.2) is 0 Å². The van der Waals surface area contributed by atoms with Crippen LogP contribution in [-0.2, 0) is 10.0 Å². The van der Waals surface area contributed by atoms with Crippen LogP contribution < -0.4 is 4.31 Å². The highest BCUT2D eigenvalue weighted by Crippen LogP contribution is 2.26. The molecule has 0 aliphatic heterocycles. The lowest BCUT2D eigenvalue weighted by Crippen LogP contribution is -2.25. The summed E-state index contributed by atoms with van der Waals surface area (Å²) in [5, 5.41) is 8.72. The van der Waals surface area contributed by atoms with Gasteiger partial charge in [0.2, 0.25) is 0 Å². The maximum atomic E-state index is 12.3. The lowest BCUT2D eigenvalue weighted by molar-refractivity contribution is 0.596. The van der Waals surface area contributed by atoms with Crippen LogP contribution in [0.4, 0.5) is 5.69 Å². The van der Waals surface area contributed by atoms with Gasteiger partial charge >= 0.3 is 0 Å². The topological polar surface area (TPSA) is 61.2 Å². The van der Waals surface area contributed by atoms with Crippen molar-refractivity contribution in [3.05, 3.63) is 47.3 Å². The molecule has 18 heavy (non-hydrogen) atoms. The third-order valence-electron chi connectivity index (χ3n) is 2.43.